The van der Waals surface area contributed by atoms with Gasteiger partial charge in [-0.2, -0.15) is 14.3 Å². The Balaban J connectivity index is 1.19. The number of anilines is 4. The van der Waals surface area contributed by atoms with E-state index in [1.807, 2.05) is 41.8 Å². The summed E-state index contributed by atoms with van der Waals surface area (Å²) in [6, 6.07) is 16.6. The van der Waals surface area contributed by atoms with Gasteiger partial charge in [0.25, 0.3) is 0 Å². The van der Waals surface area contributed by atoms with Crippen LogP contribution < -0.4 is 21.3 Å². The van der Waals surface area contributed by atoms with Gasteiger partial charge in [0.1, 0.15) is 0 Å². The van der Waals surface area contributed by atoms with Crippen molar-refractivity contribution in [1.82, 2.24) is 23.8 Å². The molecule has 1 amide bonds. The van der Waals surface area contributed by atoms with Gasteiger partial charge in [0, 0.05) is 50.1 Å². The predicted molar refractivity (Wildman–Crippen MR) is 167 cm³/mol. The molecule has 2 aromatic heterocycles. The van der Waals surface area contributed by atoms with E-state index in [0.29, 0.717) is 61.3 Å². The van der Waals surface area contributed by atoms with Crippen molar-refractivity contribution in [1.29, 1.82) is 0 Å². The van der Waals surface area contributed by atoms with Crippen LogP contribution in [0, 0.1) is 5.92 Å². The molecule has 2 atom stereocenters. The summed E-state index contributed by atoms with van der Waals surface area (Å²) < 4.78 is 30.3. The van der Waals surface area contributed by atoms with E-state index in [-0.39, 0.29) is 22.8 Å². The second-order valence-electron chi connectivity index (χ2n) is 11.0. The quantitative estimate of drug-likeness (QED) is 0.261. The number of aryl methyl sites for hydroxylation is 1. The Hall–Kier alpha value is -4.23. The van der Waals surface area contributed by atoms with Crippen molar-refractivity contribution in [3.8, 4) is 0 Å². The van der Waals surface area contributed by atoms with E-state index in [1.54, 1.807) is 34.9 Å². The van der Waals surface area contributed by atoms with Crippen LogP contribution in [0.3, 0.4) is 0 Å². The fourth-order valence-corrected chi connectivity index (χ4v) is 7.38. The van der Waals surface area contributed by atoms with Gasteiger partial charge in [-0.05, 0) is 56.2 Å². The molecule has 0 spiro atoms. The summed E-state index contributed by atoms with van der Waals surface area (Å²) in [6.45, 7) is 4.79. The number of para-hydroxylation sites is 1. The standard InChI is InChI=1S/C30H37N9O3S/c1-2-37-20-32-26-28(35-30(36-29(26)37)34-25-11-7-6-10-24(25)27(31)40)33-21-12-14-23(15-13-21)43(41,42)39-18-16-38(17-19-39)22-8-4-3-5-9-22/h3-5,8-9,12-15,20,24-25H,2,6-7,10-11,16-19H2,1H3,(H2,31,40)(H2,33,34,35,36)/t24-,25+/m1/s1. The Morgan fingerprint density at radius 3 is 2.40 bits per heavy atom. The summed E-state index contributed by atoms with van der Waals surface area (Å²) in [7, 11) is -3.64. The maximum absolute atomic E-state index is 13.4. The third-order valence-electron chi connectivity index (χ3n) is 8.37. The Morgan fingerprint density at radius 1 is 0.977 bits per heavy atom. The molecule has 1 aliphatic heterocycles. The number of aromatic nitrogens is 4. The van der Waals surface area contributed by atoms with Gasteiger partial charge in [-0.25, -0.2) is 13.4 Å². The highest BCUT2D eigenvalue weighted by Crippen LogP contribution is 2.30. The number of benzene rings is 2. The lowest BCUT2D eigenvalue weighted by molar-refractivity contribution is -0.122. The molecule has 226 valence electrons. The maximum Gasteiger partial charge on any atom is 0.243 e. The van der Waals surface area contributed by atoms with Crippen LogP contribution in [0.15, 0.2) is 65.8 Å². The molecular weight excluding hydrogens is 566 g/mol. The normalized spacial score (nSPS) is 19.8. The summed E-state index contributed by atoms with van der Waals surface area (Å²) in [5.41, 5.74) is 8.70. The SMILES string of the molecule is CCn1cnc2c(Nc3ccc(S(=O)(=O)N4CCN(c5ccccc5)CC4)cc3)nc(N[C@H]3CCCC[C@H]3C(N)=O)nc21. The van der Waals surface area contributed by atoms with Gasteiger partial charge in [0.05, 0.1) is 17.1 Å². The van der Waals surface area contributed by atoms with E-state index in [2.05, 4.69) is 20.5 Å². The highest BCUT2D eigenvalue weighted by molar-refractivity contribution is 7.89. The number of hydrogen-bond donors (Lipinski definition) is 3. The Bertz CT molecular complexity index is 1690. The molecule has 1 aliphatic carbocycles. The maximum atomic E-state index is 13.4. The zero-order valence-electron chi connectivity index (χ0n) is 24.2. The topological polar surface area (TPSA) is 151 Å². The van der Waals surface area contributed by atoms with E-state index in [1.165, 1.54) is 0 Å². The average Bonchev–Trinajstić information content (AvgIpc) is 3.45. The first-order valence-electron chi connectivity index (χ1n) is 14.8. The van der Waals surface area contributed by atoms with Crippen LogP contribution in [0.2, 0.25) is 0 Å². The molecule has 13 heteroatoms. The number of amides is 1. The lowest BCUT2D eigenvalue weighted by Gasteiger charge is -2.35. The molecule has 43 heavy (non-hydrogen) atoms. The van der Waals surface area contributed by atoms with Crippen LogP contribution in [-0.4, -0.2) is 70.4 Å². The van der Waals surface area contributed by atoms with Crippen molar-refractivity contribution in [3.63, 3.8) is 0 Å². The summed E-state index contributed by atoms with van der Waals surface area (Å²) >= 11 is 0. The zero-order chi connectivity index (χ0) is 30.0. The van der Waals surface area contributed by atoms with Gasteiger partial charge < -0.3 is 25.8 Å². The molecule has 4 N–H and O–H groups in total. The number of nitrogens with one attached hydrogen (secondary N) is 2. The summed E-state index contributed by atoms with van der Waals surface area (Å²) in [4.78, 5) is 28.5. The van der Waals surface area contributed by atoms with Crippen molar-refractivity contribution in [2.24, 2.45) is 11.7 Å². The van der Waals surface area contributed by atoms with Crippen LogP contribution in [0.4, 0.5) is 23.1 Å². The first-order chi connectivity index (χ1) is 20.8. The molecule has 0 radical (unpaired) electrons. The summed E-state index contributed by atoms with van der Waals surface area (Å²) in [5, 5.41) is 6.66. The van der Waals surface area contributed by atoms with Gasteiger partial charge in [0.2, 0.25) is 21.9 Å². The molecule has 1 saturated carbocycles. The van der Waals surface area contributed by atoms with Gasteiger partial charge in [-0.1, -0.05) is 31.0 Å². The highest BCUT2D eigenvalue weighted by Gasteiger charge is 2.31. The Labute approximate surface area is 251 Å². The number of imidazole rings is 1. The largest absolute Gasteiger partial charge is 0.369 e. The Morgan fingerprint density at radius 2 is 1.70 bits per heavy atom. The number of hydrogen-bond acceptors (Lipinski definition) is 9. The number of nitrogens with zero attached hydrogens (tertiary/aromatic N) is 6. The van der Waals surface area contributed by atoms with Crippen molar-refractivity contribution in [2.75, 3.05) is 41.7 Å². The molecule has 12 nitrogen and oxygen atoms in total. The van der Waals surface area contributed by atoms with Gasteiger partial charge in [0.15, 0.2) is 17.0 Å². The van der Waals surface area contributed by atoms with Crippen LogP contribution in [-0.2, 0) is 21.4 Å². The van der Waals surface area contributed by atoms with Gasteiger partial charge in [-0.15, -0.1) is 0 Å². The molecule has 4 aromatic rings. The lowest BCUT2D eigenvalue weighted by atomic mass is 9.84. The van der Waals surface area contributed by atoms with E-state index in [4.69, 9.17) is 15.7 Å². The summed E-state index contributed by atoms with van der Waals surface area (Å²) in [5.74, 6) is 0.274. The molecule has 2 fully saturated rings. The minimum Gasteiger partial charge on any atom is -0.369 e. The van der Waals surface area contributed by atoms with E-state index >= 15 is 0 Å². The molecule has 0 unspecified atom stereocenters. The molecular formula is C30H37N9O3S. The van der Waals surface area contributed by atoms with Crippen molar-refractivity contribution in [3.05, 3.63) is 60.9 Å². The third kappa shape index (κ3) is 6.00. The molecule has 1 saturated heterocycles. The fraction of sp³-hybridized carbons (Fsp3) is 0.400. The number of carbonyl (C=O) groups excluding carboxylic acids is 1. The average molecular weight is 604 g/mol. The van der Waals surface area contributed by atoms with Crippen LogP contribution in [0.5, 0.6) is 0 Å². The number of rotatable bonds is 9. The van der Waals surface area contributed by atoms with Crippen molar-refractivity contribution in [2.45, 2.75) is 50.1 Å². The first-order valence-corrected chi connectivity index (χ1v) is 16.2. The van der Waals surface area contributed by atoms with Crippen molar-refractivity contribution >= 4 is 50.2 Å². The minimum absolute atomic E-state index is 0.145. The predicted octanol–water partition coefficient (Wildman–Crippen LogP) is 3.56. The summed E-state index contributed by atoms with van der Waals surface area (Å²) in [6.07, 6.45) is 5.23. The number of piperazine rings is 1. The number of carbonyl (C=O) groups is 1. The molecule has 2 aliphatic rings. The molecule has 6 rings (SSSR count). The van der Waals surface area contributed by atoms with Crippen LogP contribution in [0.1, 0.15) is 32.6 Å². The Kier molecular flexibility index (Phi) is 8.17. The smallest absolute Gasteiger partial charge is 0.243 e. The van der Waals surface area contributed by atoms with Crippen LogP contribution in [0.25, 0.3) is 11.2 Å². The fourth-order valence-electron chi connectivity index (χ4n) is 5.96. The van der Waals surface area contributed by atoms with Crippen molar-refractivity contribution < 1.29 is 13.2 Å². The van der Waals surface area contributed by atoms with Gasteiger partial charge >= 0.3 is 0 Å². The number of nitrogens with two attached hydrogens (primary N) is 1. The molecule has 2 aromatic carbocycles. The molecule has 3 heterocycles. The second-order valence-corrected chi connectivity index (χ2v) is 13.0. The van der Waals surface area contributed by atoms with E-state index < -0.39 is 10.0 Å². The number of fused-ring (bicyclic) bond motifs is 1. The molecule has 0 bridgehead atoms. The second kappa shape index (κ2) is 12.2. The third-order valence-corrected chi connectivity index (χ3v) is 10.3. The first kappa shape index (κ1) is 28.9. The lowest BCUT2D eigenvalue weighted by Crippen LogP contribution is -2.48. The number of primary amides is 1. The van der Waals surface area contributed by atoms with E-state index in [0.717, 1.165) is 31.4 Å². The van der Waals surface area contributed by atoms with E-state index in [9.17, 15) is 13.2 Å². The number of sulfonamides is 1. The monoisotopic (exact) mass is 603 g/mol. The highest BCUT2D eigenvalue weighted by atomic mass is 32.2. The zero-order valence-corrected chi connectivity index (χ0v) is 25.0. The minimum atomic E-state index is -3.64. The van der Waals surface area contributed by atoms with Gasteiger partial charge in [-0.3, -0.25) is 4.79 Å². The van der Waals surface area contributed by atoms with Crippen LogP contribution >= 0.6 is 0 Å².